The molecule has 0 aromatic heterocycles. The van der Waals surface area contributed by atoms with Crippen molar-refractivity contribution >= 4 is 0 Å². The lowest BCUT2D eigenvalue weighted by atomic mass is 9.81. The summed E-state index contributed by atoms with van der Waals surface area (Å²) in [5.41, 5.74) is 7.07. The predicted molar refractivity (Wildman–Crippen MR) is 75.3 cm³/mol. The van der Waals surface area contributed by atoms with Crippen LogP contribution in [0.2, 0.25) is 0 Å². The maximum atomic E-state index is 6.24. The monoisotopic (exact) mass is 247 g/mol. The highest BCUT2D eigenvalue weighted by molar-refractivity contribution is 5.17. The first kappa shape index (κ1) is 13.6. The quantitative estimate of drug-likeness (QED) is 0.883. The second-order valence-electron chi connectivity index (χ2n) is 5.81. The second-order valence-corrected chi connectivity index (χ2v) is 5.81. The van der Waals surface area contributed by atoms with Gasteiger partial charge in [-0.2, -0.15) is 0 Å². The van der Waals surface area contributed by atoms with Crippen LogP contribution in [0.1, 0.15) is 44.8 Å². The van der Waals surface area contributed by atoms with Gasteiger partial charge in [0.25, 0.3) is 0 Å². The Morgan fingerprint density at radius 1 is 1.11 bits per heavy atom. The Bertz CT molecular complexity index is 341. The van der Waals surface area contributed by atoms with Gasteiger partial charge in [0, 0.05) is 6.54 Å². The Morgan fingerprint density at radius 3 is 2.28 bits per heavy atom. The van der Waals surface area contributed by atoms with Gasteiger partial charge in [-0.05, 0) is 36.7 Å². The summed E-state index contributed by atoms with van der Waals surface area (Å²) in [6.07, 6.45) is 4.10. The van der Waals surface area contributed by atoms with Crippen molar-refractivity contribution in [2.45, 2.75) is 45.3 Å². The summed E-state index contributed by atoms with van der Waals surface area (Å²) in [5, 5.41) is 0. The lowest BCUT2D eigenvalue weighted by molar-refractivity contribution is -0.0466. The van der Waals surface area contributed by atoms with Crippen LogP contribution in [-0.4, -0.2) is 12.6 Å². The van der Waals surface area contributed by atoms with Crippen LogP contribution in [-0.2, 0) is 4.74 Å². The molecule has 0 heterocycles. The number of nitrogens with two attached hydrogens (primary N) is 1. The van der Waals surface area contributed by atoms with Crippen LogP contribution < -0.4 is 5.73 Å². The van der Waals surface area contributed by atoms with Crippen molar-refractivity contribution in [1.29, 1.82) is 0 Å². The van der Waals surface area contributed by atoms with Gasteiger partial charge >= 0.3 is 0 Å². The van der Waals surface area contributed by atoms with Crippen molar-refractivity contribution in [1.82, 2.24) is 0 Å². The number of hydrogen-bond acceptors (Lipinski definition) is 2. The molecule has 0 saturated heterocycles. The van der Waals surface area contributed by atoms with Crippen LogP contribution in [0.25, 0.3) is 0 Å². The predicted octanol–water partition coefficient (Wildman–Crippen LogP) is 3.53. The highest BCUT2D eigenvalue weighted by Gasteiger charge is 2.26. The zero-order chi connectivity index (χ0) is 13.0. The van der Waals surface area contributed by atoms with E-state index in [-0.39, 0.29) is 6.10 Å². The molecule has 1 saturated carbocycles. The molecule has 100 valence electrons. The molecule has 1 aromatic carbocycles. The molecule has 0 aliphatic heterocycles. The van der Waals surface area contributed by atoms with Crippen molar-refractivity contribution < 1.29 is 4.74 Å². The molecule has 2 rings (SSSR count). The summed E-state index contributed by atoms with van der Waals surface area (Å²) in [7, 11) is 0. The van der Waals surface area contributed by atoms with Gasteiger partial charge in [0.05, 0.1) is 12.2 Å². The maximum Gasteiger partial charge on any atom is 0.0950 e. The molecular weight excluding hydrogens is 222 g/mol. The van der Waals surface area contributed by atoms with Gasteiger partial charge in [-0.1, -0.05) is 44.2 Å². The lowest BCUT2D eigenvalue weighted by Gasteiger charge is -2.33. The van der Waals surface area contributed by atoms with E-state index in [1.807, 2.05) is 18.2 Å². The zero-order valence-corrected chi connectivity index (χ0v) is 11.5. The second kappa shape index (κ2) is 6.35. The first-order valence-corrected chi connectivity index (χ1v) is 7.09. The molecule has 2 N–H and O–H groups in total. The Hall–Kier alpha value is -0.860. The van der Waals surface area contributed by atoms with Crippen molar-refractivity contribution in [3.8, 4) is 0 Å². The van der Waals surface area contributed by atoms with Crippen molar-refractivity contribution in [2.24, 2.45) is 17.6 Å². The third kappa shape index (κ3) is 3.56. The molecule has 1 aromatic rings. The zero-order valence-electron chi connectivity index (χ0n) is 11.5. The lowest BCUT2D eigenvalue weighted by Crippen LogP contribution is -2.29. The Morgan fingerprint density at radius 2 is 1.72 bits per heavy atom. The van der Waals surface area contributed by atoms with Crippen LogP contribution >= 0.6 is 0 Å². The molecule has 3 unspecified atom stereocenters. The Labute approximate surface area is 111 Å². The molecule has 0 amide bonds. The molecule has 3 atom stereocenters. The third-order valence-corrected chi connectivity index (χ3v) is 3.88. The van der Waals surface area contributed by atoms with E-state index in [1.165, 1.54) is 24.8 Å². The Kier molecular flexibility index (Phi) is 4.79. The van der Waals surface area contributed by atoms with Crippen LogP contribution in [0.5, 0.6) is 0 Å². The van der Waals surface area contributed by atoms with Gasteiger partial charge in [0.1, 0.15) is 0 Å². The fraction of sp³-hybridized carbons (Fsp3) is 0.625. The maximum absolute atomic E-state index is 6.24. The number of hydrogen-bond donors (Lipinski definition) is 1. The van der Waals surface area contributed by atoms with Crippen LogP contribution in [0, 0.1) is 11.8 Å². The van der Waals surface area contributed by atoms with E-state index in [4.69, 9.17) is 10.5 Å². The fourth-order valence-corrected chi connectivity index (χ4v) is 3.15. The standard InChI is InChI=1S/C16H25NO/c1-12-8-13(2)10-15(9-12)18-16(11-17)14-6-4-3-5-7-14/h3-7,12-13,15-16H,8-11,17H2,1-2H3. The number of rotatable bonds is 4. The van der Waals surface area contributed by atoms with Crippen LogP contribution in [0.4, 0.5) is 0 Å². The highest BCUT2D eigenvalue weighted by atomic mass is 16.5. The van der Waals surface area contributed by atoms with Crippen molar-refractivity contribution in [2.75, 3.05) is 6.54 Å². The first-order valence-electron chi connectivity index (χ1n) is 7.09. The van der Waals surface area contributed by atoms with E-state index >= 15 is 0 Å². The highest BCUT2D eigenvalue weighted by Crippen LogP contribution is 2.33. The van der Waals surface area contributed by atoms with Gasteiger partial charge in [-0.15, -0.1) is 0 Å². The van der Waals surface area contributed by atoms with E-state index in [0.717, 1.165) is 11.8 Å². The van der Waals surface area contributed by atoms with E-state index in [0.29, 0.717) is 12.6 Å². The largest absolute Gasteiger partial charge is 0.369 e. The summed E-state index contributed by atoms with van der Waals surface area (Å²) in [6, 6.07) is 10.3. The fourth-order valence-electron chi connectivity index (χ4n) is 3.15. The topological polar surface area (TPSA) is 35.2 Å². The molecule has 0 bridgehead atoms. The molecular formula is C16H25NO. The minimum atomic E-state index is 0.0497. The molecule has 0 radical (unpaired) electrons. The summed E-state index contributed by atoms with van der Waals surface area (Å²) >= 11 is 0. The van der Waals surface area contributed by atoms with Crippen molar-refractivity contribution in [3.63, 3.8) is 0 Å². The molecule has 18 heavy (non-hydrogen) atoms. The van der Waals surface area contributed by atoms with Crippen molar-refractivity contribution in [3.05, 3.63) is 35.9 Å². The van der Waals surface area contributed by atoms with Crippen LogP contribution in [0.15, 0.2) is 30.3 Å². The minimum Gasteiger partial charge on any atom is -0.369 e. The van der Waals surface area contributed by atoms with Gasteiger partial charge in [0.2, 0.25) is 0 Å². The average molecular weight is 247 g/mol. The molecule has 2 nitrogen and oxygen atoms in total. The third-order valence-electron chi connectivity index (χ3n) is 3.88. The summed E-state index contributed by atoms with van der Waals surface area (Å²) in [6.45, 7) is 5.21. The minimum absolute atomic E-state index is 0.0497. The van der Waals surface area contributed by atoms with E-state index in [2.05, 4.69) is 26.0 Å². The molecule has 2 heteroatoms. The smallest absolute Gasteiger partial charge is 0.0950 e. The summed E-state index contributed by atoms with van der Waals surface area (Å²) < 4.78 is 6.24. The van der Waals surface area contributed by atoms with Gasteiger partial charge in [-0.3, -0.25) is 0 Å². The first-order chi connectivity index (χ1) is 8.69. The van der Waals surface area contributed by atoms with Gasteiger partial charge in [0.15, 0.2) is 0 Å². The van der Waals surface area contributed by atoms with Crippen LogP contribution in [0.3, 0.4) is 0 Å². The van der Waals surface area contributed by atoms with E-state index in [9.17, 15) is 0 Å². The Balaban J connectivity index is 1.98. The molecule has 1 aliphatic carbocycles. The molecule has 0 spiro atoms. The number of benzene rings is 1. The number of ether oxygens (including phenoxy) is 1. The average Bonchev–Trinajstić information content (AvgIpc) is 2.36. The van der Waals surface area contributed by atoms with E-state index in [1.54, 1.807) is 0 Å². The molecule has 1 aliphatic rings. The summed E-state index contributed by atoms with van der Waals surface area (Å²) in [4.78, 5) is 0. The van der Waals surface area contributed by atoms with Gasteiger partial charge < -0.3 is 10.5 Å². The van der Waals surface area contributed by atoms with E-state index < -0.39 is 0 Å². The SMILES string of the molecule is CC1CC(C)CC(OC(CN)c2ccccc2)C1. The molecule has 1 fully saturated rings. The van der Waals surface area contributed by atoms with Gasteiger partial charge in [-0.25, -0.2) is 0 Å². The normalized spacial score (nSPS) is 30.1. The summed E-state index contributed by atoms with van der Waals surface area (Å²) in [5.74, 6) is 1.54.